The summed E-state index contributed by atoms with van der Waals surface area (Å²) in [6.45, 7) is 1.88. The van der Waals surface area contributed by atoms with Crippen molar-refractivity contribution in [2.24, 2.45) is 0 Å². The van der Waals surface area contributed by atoms with Crippen molar-refractivity contribution in [3.8, 4) is 0 Å². The summed E-state index contributed by atoms with van der Waals surface area (Å²) >= 11 is 0. The number of carboxylic acid groups (broad SMARTS) is 1. The fourth-order valence-corrected chi connectivity index (χ4v) is 2.76. The lowest BCUT2D eigenvalue weighted by Crippen LogP contribution is -2.37. The van der Waals surface area contributed by atoms with Crippen LogP contribution in [0, 0.1) is 0 Å². The highest BCUT2D eigenvalue weighted by atomic mass is 16.4. The van der Waals surface area contributed by atoms with Crippen LogP contribution in [0.25, 0.3) is 0 Å². The molecule has 2 N–H and O–H groups in total. The third-order valence-corrected chi connectivity index (χ3v) is 3.82. The molecule has 0 aromatic heterocycles. The highest BCUT2D eigenvalue weighted by molar-refractivity contribution is 5.83. The van der Waals surface area contributed by atoms with Crippen LogP contribution in [0.15, 0.2) is 24.3 Å². The minimum atomic E-state index is -0.883. The molecule has 2 atom stereocenters. The fraction of sp³-hybridized carbons (Fsp3) is 0.500. The van der Waals surface area contributed by atoms with E-state index in [2.05, 4.69) is 0 Å². The topological polar surface area (TPSA) is 57.5 Å². The van der Waals surface area contributed by atoms with Gasteiger partial charge in [-0.25, -0.2) is 0 Å². The third-order valence-electron chi connectivity index (χ3n) is 3.82. The molecule has 1 aromatic carbocycles. The molecule has 0 saturated carbocycles. The first-order valence-corrected chi connectivity index (χ1v) is 6.10. The summed E-state index contributed by atoms with van der Waals surface area (Å²) in [5.74, 6) is -0.810. The zero-order chi connectivity index (χ0) is 12.5. The number of aliphatic carboxylic acids is 1. The smallest absolute Gasteiger partial charge is 0.314 e. The van der Waals surface area contributed by atoms with Gasteiger partial charge in [0.2, 0.25) is 0 Å². The van der Waals surface area contributed by atoms with Crippen LogP contribution in [0.4, 0.5) is 0 Å². The number of benzene rings is 1. The van der Waals surface area contributed by atoms with Gasteiger partial charge in [-0.3, -0.25) is 4.79 Å². The summed E-state index contributed by atoms with van der Waals surface area (Å²) in [5.41, 5.74) is 1.12. The Bertz CT molecular complexity index is 427. The molecule has 0 bridgehead atoms. The van der Waals surface area contributed by atoms with Gasteiger partial charge in [0.15, 0.2) is 0 Å². The molecule has 3 nitrogen and oxygen atoms in total. The van der Waals surface area contributed by atoms with Crippen LogP contribution in [0.1, 0.15) is 37.3 Å². The molecule has 0 amide bonds. The standard InChI is InChI=1S/C14H18O3/c1-2-11(15)9-14(13(16)17)8-7-10-5-3-4-6-12(10)14/h3-6,11,15H,2,7-9H2,1H3,(H,16,17). The molecule has 0 aliphatic heterocycles. The second kappa shape index (κ2) is 4.49. The van der Waals surface area contributed by atoms with E-state index >= 15 is 0 Å². The number of hydrogen-bond donors (Lipinski definition) is 2. The summed E-state index contributed by atoms with van der Waals surface area (Å²) in [5, 5.41) is 19.3. The average Bonchev–Trinajstić information content (AvgIpc) is 2.70. The predicted molar refractivity (Wildman–Crippen MR) is 65.0 cm³/mol. The highest BCUT2D eigenvalue weighted by Gasteiger charge is 2.46. The number of hydrogen-bond acceptors (Lipinski definition) is 2. The lowest BCUT2D eigenvalue weighted by molar-refractivity contribution is -0.145. The van der Waals surface area contributed by atoms with Gasteiger partial charge >= 0.3 is 5.97 Å². The number of carboxylic acids is 1. The number of carbonyl (C=O) groups is 1. The van der Waals surface area contributed by atoms with E-state index in [9.17, 15) is 15.0 Å². The van der Waals surface area contributed by atoms with Crippen LogP contribution in [0.3, 0.4) is 0 Å². The van der Waals surface area contributed by atoms with Crippen molar-refractivity contribution in [3.05, 3.63) is 35.4 Å². The number of rotatable bonds is 4. The zero-order valence-corrected chi connectivity index (χ0v) is 10.0. The van der Waals surface area contributed by atoms with Crippen molar-refractivity contribution in [1.82, 2.24) is 0 Å². The second-order valence-corrected chi connectivity index (χ2v) is 4.81. The molecular formula is C14H18O3. The van der Waals surface area contributed by atoms with Gasteiger partial charge in [0.1, 0.15) is 0 Å². The Morgan fingerprint density at radius 3 is 2.82 bits per heavy atom. The van der Waals surface area contributed by atoms with Gasteiger partial charge in [0, 0.05) is 0 Å². The van der Waals surface area contributed by atoms with Crippen molar-refractivity contribution in [1.29, 1.82) is 0 Å². The van der Waals surface area contributed by atoms with Crippen LogP contribution in [0.5, 0.6) is 0 Å². The largest absolute Gasteiger partial charge is 0.481 e. The maximum Gasteiger partial charge on any atom is 0.314 e. The molecule has 0 spiro atoms. The lowest BCUT2D eigenvalue weighted by atomic mass is 9.77. The highest BCUT2D eigenvalue weighted by Crippen LogP contribution is 2.42. The minimum Gasteiger partial charge on any atom is -0.481 e. The van der Waals surface area contributed by atoms with Gasteiger partial charge < -0.3 is 10.2 Å². The van der Waals surface area contributed by atoms with E-state index in [0.717, 1.165) is 17.5 Å². The first kappa shape index (κ1) is 12.1. The van der Waals surface area contributed by atoms with Gasteiger partial charge in [-0.15, -0.1) is 0 Å². The summed E-state index contributed by atoms with van der Waals surface area (Å²) < 4.78 is 0. The number of aliphatic hydroxyl groups is 1. The Morgan fingerprint density at radius 2 is 2.18 bits per heavy atom. The third kappa shape index (κ3) is 1.95. The van der Waals surface area contributed by atoms with Crippen LogP contribution < -0.4 is 0 Å². The summed E-state index contributed by atoms with van der Waals surface area (Å²) in [6, 6.07) is 7.68. The Hall–Kier alpha value is -1.35. The van der Waals surface area contributed by atoms with Gasteiger partial charge in [-0.1, -0.05) is 31.2 Å². The molecule has 92 valence electrons. The molecule has 0 fully saturated rings. The quantitative estimate of drug-likeness (QED) is 0.839. The normalized spacial score (nSPS) is 24.4. The Morgan fingerprint density at radius 1 is 1.47 bits per heavy atom. The van der Waals surface area contributed by atoms with E-state index < -0.39 is 17.5 Å². The SMILES string of the molecule is CCC(O)CC1(C(=O)O)CCc2ccccc21. The number of aryl methyl sites for hydroxylation is 1. The molecule has 0 saturated heterocycles. The molecule has 2 unspecified atom stereocenters. The molecule has 1 aliphatic carbocycles. The first-order chi connectivity index (χ1) is 8.10. The van der Waals surface area contributed by atoms with E-state index in [0.29, 0.717) is 19.3 Å². The van der Waals surface area contributed by atoms with Crippen LogP contribution in [-0.4, -0.2) is 22.3 Å². The Kier molecular flexibility index (Phi) is 3.20. The minimum absolute atomic E-state index is 0.315. The molecule has 1 aliphatic rings. The van der Waals surface area contributed by atoms with Gasteiger partial charge in [-0.05, 0) is 36.8 Å². The number of aliphatic hydroxyl groups excluding tert-OH is 1. The average molecular weight is 234 g/mol. The van der Waals surface area contributed by atoms with Gasteiger partial charge in [0.05, 0.1) is 11.5 Å². The Balaban J connectivity index is 2.41. The van der Waals surface area contributed by atoms with Crippen molar-refractivity contribution >= 4 is 5.97 Å². The molecule has 0 heterocycles. The van der Waals surface area contributed by atoms with Crippen LogP contribution >= 0.6 is 0 Å². The lowest BCUT2D eigenvalue weighted by Gasteiger charge is -2.27. The van der Waals surface area contributed by atoms with Crippen LogP contribution in [-0.2, 0) is 16.6 Å². The maximum absolute atomic E-state index is 11.6. The molecule has 17 heavy (non-hydrogen) atoms. The van der Waals surface area contributed by atoms with Crippen molar-refractivity contribution < 1.29 is 15.0 Å². The van der Waals surface area contributed by atoms with Gasteiger partial charge in [-0.2, -0.15) is 0 Å². The summed E-state index contributed by atoms with van der Waals surface area (Å²) in [6.07, 6.45) is 1.75. The monoisotopic (exact) mass is 234 g/mol. The van der Waals surface area contributed by atoms with E-state index in [1.807, 2.05) is 31.2 Å². The summed E-state index contributed by atoms with van der Waals surface area (Å²) in [4.78, 5) is 11.6. The first-order valence-electron chi connectivity index (χ1n) is 6.10. The van der Waals surface area contributed by atoms with E-state index in [4.69, 9.17) is 0 Å². The fourth-order valence-electron chi connectivity index (χ4n) is 2.76. The van der Waals surface area contributed by atoms with Crippen LogP contribution in [0.2, 0.25) is 0 Å². The molecule has 1 aromatic rings. The number of fused-ring (bicyclic) bond motifs is 1. The molecule has 0 radical (unpaired) electrons. The molecule has 2 rings (SSSR count). The van der Waals surface area contributed by atoms with E-state index in [-0.39, 0.29) is 0 Å². The van der Waals surface area contributed by atoms with E-state index in [1.165, 1.54) is 0 Å². The van der Waals surface area contributed by atoms with Crippen molar-refractivity contribution in [2.75, 3.05) is 0 Å². The Labute approximate surface area is 101 Å². The molecule has 3 heteroatoms. The van der Waals surface area contributed by atoms with E-state index in [1.54, 1.807) is 0 Å². The second-order valence-electron chi connectivity index (χ2n) is 4.81. The molecular weight excluding hydrogens is 216 g/mol. The van der Waals surface area contributed by atoms with Crippen molar-refractivity contribution in [2.45, 2.75) is 44.1 Å². The van der Waals surface area contributed by atoms with Gasteiger partial charge in [0.25, 0.3) is 0 Å². The van der Waals surface area contributed by atoms with Crippen molar-refractivity contribution in [3.63, 3.8) is 0 Å². The predicted octanol–water partition coefficient (Wildman–Crippen LogP) is 2.12. The maximum atomic E-state index is 11.6. The summed E-state index contributed by atoms with van der Waals surface area (Å²) in [7, 11) is 0. The zero-order valence-electron chi connectivity index (χ0n) is 10.0.